The van der Waals surface area contributed by atoms with Crippen molar-refractivity contribution in [1.29, 1.82) is 0 Å². The Kier molecular flexibility index (Phi) is 8.72. The quantitative estimate of drug-likeness (QED) is 0.156. The summed E-state index contributed by atoms with van der Waals surface area (Å²) in [6.07, 6.45) is 9.57. The van der Waals surface area contributed by atoms with Gasteiger partial charge >= 0.3 is 0 Å². The number of nitrogens with one attached hydrogen (secondary N) is 1. The normalized spacial score (nSPS) is 15.3. The monoisotopic (exact) mass is 633 g/mol. The molecule has 1 fully saturated rings. The van der Waals surface area contributed by atoms with Crippen LogP contribution in [0.1, 0.15) is 84.3 Å². The van der Waals surface area contributed by atoms with E-state index in [0.717, 1.165) is 45.9 Å². The fourth-order valence-electron chi connectivity index (χ4n) is 7.61. The third-order valence-corrected chi connectivity index (χ3v) is 10.3. The molecule has 1 saturated carbocycles. The first-order valence-corrected chi connectivity index (χ1v) is 17.2. The summed E-state index contributed by atoms with van der Waals surface area (Å²) < 4.78 is 2.15. The Hall–Kier alpha value is -5.00. The lowest BCUT2D eigenvalue weighted by Crippen LogP contribution is -2.37. The maximum Gasteiger partial charge on any atom is 0.251 e. The number of aliphatic hydroxyl groups is 1. The molecule has 5 aromatic carbocycles. The van der Waals surface area contributed by atoms with E-state index in [1.165, 1.54) is 19.3 Å². The number of rotatable bonds is 9. The summed E-state index contributed by atoms with van der Waals surface area (Å²) >= 11 is 0. The SMILES string of the molecule is CC(C)C(O)(c1ccc2cc(C(=O)NC3CCCCC3)ccc2c1)c1cn(C(c2ccccc2)(c2ccccc2)c2ccccc2)cn1. The van der Waals surface area contributed by atoms with E-state index in [2.05, 4.69) is 82.7 Å². The van der Waals surface area contributed by atoms with Gasteiger partial charge in [-0.1, -0.05) is 142 Å². The van der Waals surface area contributed by atoms with E-state index in [4.69, 9.17) is 4.98 Å². The fraction of sp³-hybridized carbons (Fsp3) is 0.256. The first-order chi connectivity index (χ1) is 23.4. The predicted molar refractivity (Wildman–Crippen MR) is 193 cm³/mol. The number of benzene rings is 5. The molecule has 5 nitrogen and oxygen atoms in total. The van der Waals surface area contributed by atoms with Crippen molar-refractivity contribution in [3.05, 3.63) is 173 Å². The Bertz CT molecular complexity index is 1900. The molecule has 0 bridgehead atoms. The highest BCUT2D eigenvalue weighted by atomic mass is 16.3. The van der Waals surface area contributed by atoms with Gasteiger partial charge in [0.05, 0.1) is 12.0 Å². The van der Waals surface area contributed by atoms with E-state index in [-0.39, 0.29) is 17.9 Å². The largest absolute Gasteiger partial charge is 0.378 e. The Morgan fingerprint density at radius 3 is 1.83 bits per heavy atom. The average molecular weight is 634 g/mol. The van der Waals surface area contributed by atoms with Crippen molar-refractivity contribution in [1.82, 2.24) is 14.9 Å². The molecule has 1 aromatic heterocycles. The molecule has 1 heterocycles. The minimum Gasteiger partial charge on any atom is -0.378 e. The molecule has 1 aliphatic rings. The van der Waals surface area contributed by atoms with Gasteiger partial charge in [-0.2, -0.15) is 0 Å². The minimum atomic E-state index is -1.37. The lowest BCUT2D eigenvalue weighted by molar-refractivity contribution is 0.0279. The van der Waals surface area contributed by atoms with Crippen LogP contribution in [0.4, 0.5) is 0 Å². The Morgan fingerprint density at radius 1 is 0.729 bits per heavy atom. The van der Waals surface area contributed by atoms with Crippen LogP contribution in [0.5, 0.6) is 0 Å². The van der Waals surface area contributed by atoms with Crippen molar-refractivity contribution in [2.24, 2.45) is 5.92 Å². The first-order valence-electron chi connectivity index (χ1n) is 17.2. The van der Waals surface area contributed by atoms with Gasteiger partial charge in [-0.3, -0.25) is 4.79 Å². The number of amides is 1. The van der Waals surface area contributed by atoms with Crippen molar-refractivity contribution in [2.75, 3.05) is 0 Å². The van der Waals surface area contributed by atoms with Gasteiger partial charge in [-0.25, -0.2) is 4.98 Å². The number of aromatic nitrogens is 2. The van der Waals surface area contributed by atoms with Crippen LogP contribution in [0.2, 0.25) is 0 Å². The highest BCUT2D eigenvalue weighted by Gasteiger charge is 2.42. The van der Waals surface area contributed by atoms with E-state index < -0.39 is 11.1 Å². The van der Waals surface area contributed by atoms with Gasteiger partial charge < -0.3 is 15.0 Å². The second kappa shape index (κ2) is 13.2. The first kappa shape index (κ1) is 31.6. The molecule has 6 aromatic rings. The van der Waals surface area contributed by atoms with Gasteiger partial charge in [0.2, 0.25) is 0 Å². The summed E-state index contributed by atoms with van der Waals surface area (Å²) in [5.41, 5.74) is 3.18. The number of imidazole rings is 1. The molecule has 0 spiro atoms. The third kappa shape index (κ3) is 5.62. The lowest BCUT2D eigenvalue weighted by Gasteiger charge is -2.37. The average Bonchev–Trinajstić information content (AvgIpc) is 3.64. The molecule has 1 atom stereocenters. The molecule has 0 saturated heterocycles. The number of carbonyl (C=O) groups excluding carboxylic acids is 1. The maximum atomic E-state index is 13.1. The van der Waals surface area contributed by atoms with Crippen molar-refractivity contribution >= 4 is 16.7 Å². The molecule has 242 valence electrons. The zero-order chi connectivity index (χ0) is 33.1. The molecule has 1 amide bonds. The van der Waals surface area contributed by atoms with Crippen LogP contribution in [-0.4, -0.2) is 26.6 Å². The fourth-order valence-corrected chi connectivity index (χ4v) is 7.61. The van der Waals surface area contributed by atoms with E-state index in [1.54, 1.807) is 0 Å². The molecule has 1 unspecified atom stereocenters. The van der Waals surface area contributed by atoms with E-state index in [1.807, 2.05) is 81.0 Å². The summed E-state index contributed by atoms with van der Waals surface area (Å²) in [6.45, 7) is 4.06. The third-order valence-electron chi connectivity index (χ3n) is 10.3. The number of carbonyl (C=O) groups is 1. The summed E-state index contributed by atoms with van der Waals surface area (Å²) in [7, 11) is 0. The zero-order valence-electron chi connectivity index (χ0n) is 27.7. The van der Waals surface area contributed by atoms with Crippen molar-refractivity contribution in [2.45, 2.75) is 63.1 Å². The van der Waals surface area contributed by atoms with Crippen LogP contribution in [0.3, 0.4) is 0 Å². The van der Waals surface area contributed by atoms with Crippen molar-refractivity contribution < 1.29 is 9.90 Å². The van der Waals surface area contributed by atoms with Crippen LogP contribution in [0.15, 0.2) is 140 Å². The molecule has 1 aliphatic carbocycles. The molecule has 48 heavy (non-hydrogen) atoms. The lowest BCUT2D eigenvalue weighted by atomic mass is 9.76. The van der Waals surface area contributed by atoms with Crippen molar-refractivity contribution in [3.8, 4) is 0 Å². The zero-order valence-corrected chi connectivity index (χ0v) is 27.7. The van der Waals surface area contributed by atoms with Crippen LogP contribution >= 0.6 is 0 Å². The predicted octanol–water partition coefficient (Wildman–Crippen LogP) is 8.83. The molecular formula is C43H43N3O2. The number of hydrogen-bond donors (Lipinski definition) is 2. The van der Waals surface area contributed by atoms with E-state index in [9.17, 15) is 9.90 Å². The summed E-state index contributed by atoms with van der Waals surface area (Å²) in [4.78, 5) is 18.0. The highest BCUT2D eigenvalue weighted by molar-refractivity contribution is 5.98. The highest BCUT2D eigenvalue weighted by Crippen LogP contribution is 2.43. The molecule has 2 N–H and O–H groups in total. The smallest absolute Gasteiger partial charge is 0.251 e. The summed E-state index contributed by atoms with van der Waals surface area (Å²) in [5, 5.41) is 17.8. The van der Waals surface area contributed by atoms with Gasteiger partial charge in [0.25, 0.3) is 5.91 Å². The second-order valence-electron chi connectivity index (χ2n) is 13.5. The standard InChI is InChI=1S/C43H43N3O2/c1-31(2)43(48,38-26-25-32-27-34(24-23-33(32)28-38)41(47)45-39-21-13-6-14-22-39)40-29-46(30-44-40)42(35-15-7-3-8-16-35,36-17-9-4-10-18-36)37-19-11-5-12-20-37/h3-5,7-12,15-20,23-31,39,48H,6,13-14,21-22H2,1-2H3,(H,45,47). The van der Waals surface area contributed by atoms with Crippen LogP contribution < -0.4 is 5.32 Å². The molecule has 7 rings (SSSR count). The number of fused-ring (bicyclic) bond motifs is 1. The summed E-state index contributed by atoms with van der Waals surface area (Å²) in [6, 6.07) is 43.5. The van der Waals surface area contributed by atoms with Crippen LogP contribution in [-0.2, 0) is 11.1 Å². The molecule has 0 aliphatic heterocycles. The summed E-state index contributed by atoms with van der Waals surface area (Å²) in [5.74, 6) is -0.200. The Balaban J connectivity index is 1.30. The second-order valence-corrected chi connectivity index (χ2v) is 13.5. The molecular weight excluding hydrogens is 590 g/mol. The van der Waals surface area contributed by atoms with Gasteiger partial charge in [0.15, 0.2) is 0 Å². The minimum absolute atomic E-state index is 0.0177. The van der Waals surface area contributed by atoms with Gasteiger partial charge in [0.1, 0.15) is 11.1 Å². The Morgan fingerprint density at radius 2 is 1.27 bits per heavy atom. The van der Waals surface area contributed by atoms with Crippen LogP contribution in [0, 0.1) is 5.92 Å². The van der Waals surface area contributed by atoms with Gasteiger partial charge in [0, 0.05) is 17.8 Å². The van der Waals surface area contributed by atoms with E-state index in [0.29, 0.717) is 11.3 Å². The number of hydrogen-bond acceptors (Lipinski definition) is 3. The van der Waals surface area contributed by atoms with Gasteiger partial charge in [-0.05, 0) is 70.0 Å². The van der Waals surface area contributed by atoms with Crippen LogP contribution in [0.25, 0.3) is 10.8 Å². The number of nitrogens with zero attached hydrogens (tertiary/aromatic N) is 2. The van der Waals surface area contributed by atoms with Crippen molar-refractivity contribution in [3.63, 3.8) is 0 Å². The molecule has 0 radical (unpaired) electrons. The Labute approximate surface area is 283 Å². The van der Waals surface area contributed by atoms with Gasteiger partial charge in [-0.15, -0.1) is 0 Å². The van der Waals surface area contributed by atoms with E-state index >= 15 is 0 Å². The maximum absolute atomic E-state index is 13.1. The topological polar surface area (TPSA) is 67.2 Å². The molecule has 5 heteroatoms.